The van der Waals surface area contributed by atoms with E-state index in [0.717, 1.165) is 46.1 Å². The van der Waals surface area contributed by atoms with Crippen LogP contribution in [0.5, 0.6) is 0 Å². The van der Waals surface area contributed by atoms with E-state index in [2.05, 4.69) is 57.8 Å². The Hall–Kier alpha value is -4.80. The Morgan fingerprint density at radius 1 is 1.04 bits per heavy atom. The second-order valence-electron chi connectivity index (χ2n) is 11.1. The van der Waals surface area contributed by atoms with E-state index in [4.69, 9.17) is 23.8 Å². The maximum Gasteiger partial charge on any atom is 0.269 e. The maximum absolute atomic E-state index is 13.4. The molecule has 11 heteroatoms. The van der Waals surface area contributed by atoms with E-state index < -0.39 is 4.92 Å². The number of hydrogen-bond acceptors (Lipinski definition) is 5. The van der Waals surface area contributed by atoms with Gasteiger partial charge in [0.15, 0.2) is 5.11 Å². The number of halogens is 1. The minimum atomic E-state index is -0.424. The first kappa shape index (κ1) is 32.6. The van der Waals surface area contributed by atoms with Crippen LogP contribution in [0.1, 0.15) is 36.6 Å². The van der Waals surface area contributed by atoms with Gasteiger partial charge < -0.3 is 20.1 Å². The molecule has 5 rings (SSSR count). The number of non-ortho nitro benzene ring substituents is 1. The number of carbonyl (C=O) groups excluding carboxylic acids is 1. The van der Waals surface area contributed by atoms with Gasteiger partial charge in [-0.3, -0.25) is 14.9 Å². The summed E-state index contributed by atoms with van der Waals surface area (Å²) in [5.41, 5.74) is 3.62. The van der Waals surface area contributed by atoms with Crippen molar-refractivity contribution >= 4 is 57.0 Å². The number of fused-ring (bicyclic) bond motifs is 1. The van der Waals surface area contributed by atoms with Crippen LogP contribution in [-0.4, -0.2) is 43.0 Å². The summed E-state index contributed by atoms with van der Waals surface area (Å²) < 4.78 is 1.88. The van der Waals surface area contributed by atoms with Crippen molar-refractivity contribution in [2.24, 2.45) is 0 Å². The Labute approximate surface area is 278 Å². The Bertz CT molecular complexity index is 1800. The number of nitro groups is 1. The lowest BCUT2D eigenvalue weighted by Gasteiger charge is -2.31. The number of nitro benzene ring substituents is 1. The van der Waals surface area contributed by atoms with Crippen molar-refractivity contribution in [1.82, 2.24) is 19.8 Å². The van der Waals surface area contributed by atoms with Crippen LogP contribution in [0, 0.1) is 10.1 Å². The molecule has 9 nitrogen and oxygen atoms in total. The summed E-state index contributed by atoms with van der Waals surface area (Å²) in [5, 5.41) is 21.1. The van der Waals surface area contributed by atoms with E-state index in [1.54, 1.807) is 24.7 Å². The van der Waals surface area contributed by atoms with Crippen molar-refractivity contribution in [2.45, 2.75) is 45.3 Å². The SMILES string of the molecule is CCC[C@@H](CN(Cc1cccc2ccccc12)C(=S)Nc1ccc(Cl)cc1)NC(=O)Cc1cncn1Cc1ccc([N+](=O)[O-])cc1. The predicted molar refractivity (Wildman–Crippen MR) is 187 cm³/mol. The summed E-state index contributed by atoms with van der Waals surface area (Å²) in [6.45, 7) is 3.60. The molecule has 0 aliphatic carbocycles. The lowest BCUT2D eigenvalue weighted by Crippen LogP contribution is -2.47. The summed E-state index contributed by atoms with van der Waals surface area (Å²) in [6, 6.07) is 28.1. The predicted octanol–water partition coefficient (Wildman–Crippen LogP) is 7.37. The Kier molecular flexibility index (Phi) is 11.0. The molecule has 0 bridgehead atoms. The first-order valence-electron chi connectivity index (χ1n) is 15.1. The molecule has 1 amide bonds. The minimum absolute atomic E-state index is 0.0355. The van der Waals surface area contributed by atoms with Gasteiger partial charge in [0.2, 0.25) is 5.91 Å². The summed E-state index contributed by atoms with van der Waals surface area (Å²) in [7, 11) is 0. The van der Waals surface area contributed by atoms with Crippen LogP contribution in [0.25, 0.3) is 10.8 Å². The molecule has 4 aromatic carbocycles. The Morgan fingerprint density at radius 2 is 1.78 bits per heavy atom. The van der Waals surface area contributed by atoms with Gasteiger partial charge in [-0.05, 0) is 64.8 Å². The molecule has 0 saturated carbocycles. The number of anilines is 1. The lowest BCUT2D eigenvalue weighted by molar-refractivity contribution is -0.384. The second kappa shape index (κ2) is 15.5. The third-order valence-corrected chi connectivity index (χ3v) is 8.32. The maximum atomic E-state index is 13.4. The number of nitrogens with one attached hydrogen (secondary N) is 2. The summed E-state index contributed by atoms with van der Waals surface area (Å²) in [4.78, 5) is 30.4. The number of hydrogen-bond donors (Lipinski definition) is 2. The molecule has 2 N–H and O–H groups in total. The first-order chi connectivity index (χ1) is 22.3. The number of thiocarbonyl (C=S) groups is 1. The minimum Gasteiger partial charge on any atom is -0.351 e. The lowest BCUT2D eigenvalue weighted by atomic mass is 10.0. The van der Waals surface area contributed by atoms with Crippen LogP contribution < -0.4 is 10.6 Å². The molecule has 0 saturated heterocycles. The van der Waals surface area contributed by atoms with Crippen LogP contribution >= 0.6 is 23.8 Å². The molecule has 0 spiro atoms. The molecular weight excluding hydrogens is 620 g/mol. The van der Waals surface area contributed by atoms with Gasteiger partial charge in [0.05, 0.1) is 17.7 Å². The zero-order valence-corrected chi connectivity index (χ0v) is 27.0. The molecule has 1 atom stereocenters. The van der Waals surface area contributed by atoms with E-state index in [0.29, 0.717) is 29.8 Å². The number of aromatic nitrogens is 2. The standard InChI is InChI=1S/C35H35ClN6O3S/c1-2-6-30(38-34(43)19-32-20-37-24-41(32)21-25-11-17-31(18-12-25)42(44)45)23-40(35(46)39-29-15-13-28(36)14-16-29)22-27-9-5-8-26-7-3-4-10-33(26)27/h3-5,7-18,20,24,30H,2,6,19,21-23H2,1H3,(H,38,43)(H,39,46)/t30-/m0/s1. The molecule has 5 aromatic rings. The first-order valence-corrected chi connectivity index (χ1v) is 15.9. The molecule has 0 fully saturated rings. The van der Waals surface area contributed by atoms with Crippen molar-refractivity contribution in [1.29, 1.82) is 0 Å². The van der Waals surface area contributed by atoms with Crippen LogP contribution in [-0.2, 0) is 24.3 Å². The highest BCUT2D eigenvalue weighted by Crippen LogP contribution is 2.22. The molecule has 0 radical (unpaired) electrons. The molecule has 1 heterocycles. The average molecular weight is 655 g/mol. The fourth-order valence-electron chi connectivity index (χ4n) is 5.42. The second-order valence-corrected chi connectivity index (χ2v) is 11.9. The average Bonchev–Trinajstić information content (AvgIpc) is 3.48. The van der Waals surface area contributed by atoms with E-state index in [9.17, 15) is 14.9 Å². The fraction of sp³-hybridized carbons (Fsp3) is 0.229. The monoisotopic (exact) mass is 654 g/mol. The van der Waals surface area contributed by atoms with Crippen molar-refractivity contribution in [3.05, 3.63) is 135 Å². The fourth-order valence-corrected chi connectivity index (χ4v) is 5.80. The number of benzene rings is 4. The van der Waals surface area contributed by atoms with E-state index in [-0.39, 0.29) is 24.1 Å². The smallest absolute Gasteiger partial charge is 0.269 e. The summed E-state index contributed by atoms with van der Waals surface area (Å²) >= 11 is 12.0. The molecule has 0 aliphatic heterocycles. The number of carbonyl (C=O) groups is 1. The van der Waals surface area contributed by atoms with Crippen molar-refractivity contribution in [2.75, 3.05) is 11.9 Å². The highest BCUT2D eigenvalue weighted by atomic mass is 35.5. The van der Waals surface area contributed by atoms with Crippen molar-refractivity contribution < 1.29 is 9.72 Å². The number of rotatable bonds is 13. The third-order valence-electron chi connectivity index (χ3n) is 7.71. The quantitative estimate of drug-likeness (QED) is 0.0776. The molecular formula is C35H35ClN6O3S. The van der Waals surface area contributed by atoms with Crippen molar-refractivity contribution in [3.8, 4) is 0 Å². The van der Waals surface area contributed by atoms with Crippen LogP contribution in [0.15, 0.2) is 104 Å². The van der Waals surface area contributed by atoms with Crippen LogP contribution in [0.3, 0.4) is 0 Å². The molecule has 236 valence electrons. The van der Waals surface area contributed by atoms with Gasteiger partial charge in [-0.15, -0.1) is 0 Å². The highest BCUT2D eigenvalue weighted by molar-refractivity contribution is 7.80. The molecule has 46 heavy (non-hydrogen) atoms. The van der Waals surface area contributed by atoms with Gasteiger partial charge in [0, 0.05) is 60.4 Å². The van der Waals surface area contributed by atoms with Gasteiger partial charge in [-0.2, -0.15) is 0 Å². The number of nitrogens with zero attached hydrogens (tertiary/aromatic N) is 4. The van der Waals surface area contributed by atoms with Gasteiger partial charge in [0.25, 0.3) is 5.69 Å². The zero-order valence-electron chi connectivity index (χ0n) is 25.4. The molecule has 0 aliphatic rings. The zero-order chi connectivity index (χ0) is 32.5. The van der Waals surface area contributed by atoms with Crippen molar-refractivity contribution in [3.63, 3.8) is 0 Å². The van der Waals surface area contributed by atoms with E-state index in [1.165, 1.54) is 12.1 Å². The van der Waals surface area contributed by atoms with Gasteiger partial charge in [-0.25, -0.2) is 4.98 Å². The van der Waals surface area contributed by atoms with Crippen LogP contribution in [0.2, 0.25) is 5.02 Å². The van der Waals surface area contributed by atoms with E-state index in [1.807, 2.05) is 41.0 Å². The Morgan fingerprint density at radius 3 is 2.52 bits per heavy atom. The normalized spacial score (nSPS) is 11.6. The summed E-state index contributed by atoms with van der Waals surface area (Å²) in [6.07, 6.45) is 5.13. The van der Waals surface area contributed by atoms with Gasteiger partial charge in [0.1, 0.15) is 0 Å². The number of amides is 1. The topological polar surface area (TPSA) is 105 Å². The van der Waals surface area contributed by atoms with E-state index >= 15 is 0 Å². The molecule has 1 aromatic heterocycles. The van der Waals surface area contributed by atoms with Gasteiger partial charge >= 0.3 is 0 Å². The number of imidazole rings is 1. The van der Waals surface area contributed by atoms with Gasteiger partial charge in [-0.1, -0.05) is 79.5 Å². The largest absolute Gasteiger partial charge is 0.351 e. The molecule has 0 unspecified atom stereocenters. The highest BCUT2D eigenvalue weighted by Gasteiger charge is 2.21. The van der Waals surface area contributed by atoms with Crippen LogP contribution in [0.4, 0.5) is 11.4 Å². The Balaban J connectivity index is 1.31. The third kappa shape index (κ3) is 8.68. The summed E-state index contributed by atoms with van der Waals surface area (Å²) in [5.74, 6) is -0.120.